The SMILES string of the molecule is C=C(C)C(CCC(C)(C)C)C(=C=CC)c1ccc(C2CCCCC2)cc1C. The minimum absolute atomic E-state index is 0.342. The molecule has 1 atom stereocenters. The van der Waals surface area contributed by atoms with Crippen molar-refractivity contribution in [2.75, 3.05) is 0 Å². The van der Waals surface area contributed by atoms with Crippen LogP contribution in [0.3, 0.4) is 0 Å². The van der Waals surface area contributed by atoms with Crippen molar-refractivity contribution >= 4 is 5.57 Å². The number of rotatable bonds is 6. The maximum absolute atomic E-state index is 4.33. The molecular formula is C27H40. The lowest BCUT2D eigenvalue weighted by molar-refractivity contribution is 0.353. The first kappa shape index (κ1) is 21.8. The van der Waals surface area contributed by atoms with Gasteiger partial charge in [-0.1, -0.05) is 70.4 Å². The molecule has 0 spiro atoms. The molecule has 148 valence electrons. The fourth-order valence-electron chi connectivity index (χ4n) is 4.41. The predicted octanol–water partition coefficient (Wildman–Crippen LogP) is 8.62. The van der Waals surface area contributed by atoms with Crippen LogP contribution in [0.15, 0.2) is 42.2 Å². The smallest absolute Gasteiger partial charge is 0.0122 e. The standard InChI is InChI=1S/C27H40/c1-8-12-26(24(20(2)3)17-18-27(5,6)7)25-16-15-23(19-21(25)4)22-13-10-9-11-14-22/h8,15-16,19,22,24H,2,9-11,13-14,17-18H2,1,3-7H3. The summed E-state index contributed by atoms with van der Waals surface area (Å²) in [6.45, 7) is 17.8. The summed E-state index contributed by atoms with van der Waals surface area (Å²) in [7, 11) is 0. The molecular weight excluding hydrogens is 324 g/mol. The zero-order valence-corrected chi connectivity index (χ0v) is 18.6. The second-order valence-corrected chi connectivity index (χ2v) is 9.75. The summed E-state index contributed by atoms with van der Waals surface area (Å²) in [5.74, 6) is 1.14. The highest BCUT2D eigenvalue weighted by Gasteiger charge is 2.22. The molecule has 0 bridgehead atoms. The first-order valence-electron chi connectivity index (χ1n) is 10.9. The Bertz CT molecular complexity index is 698. The second kappa shape index (κ2) is 9.61. The van der Waals surface area contributed by atoms with Gasteiger partial charge < -0.3 is 0 Å². The van der Waals surface area contributed by atoms with Crippen LogP contribution >= 0.6 is 0 Å². The fourth-order valence-corrected chi connectivity index (χ4v) is 4.41. The number of allylic oxidation sites excluding steroid dienone is 2. The average molecular weight is 365 g/mol. The zero-order valence-electron chi connectivity index (χ0n) is 18.6. The van der Waals surface area contributed by atoms with Crippen molar-refractivity contribution in [3.05, 3.63) is 58.8 Å². The number of benzene rings is 1. The first-order chi connectivity index (χ1) is 12.7. The van der Waals surface area contributed by atoms with Gasteiger partial charge >= 0.3 is 0 Å². The van der Waals surface area contributed by atoms with Gasteiger partial charge in [-0.2, -0.15) is 0 Å². The lowest BCUT2D eigenvalue weighted by atomic mass is 9.78. The highest BCUT2D eigenvalue weighted by molar-refractivity contribution is 5.71. The van der Waals surface area contributed by atoms with Crippen molar-refractivity contribution in [1.29, 1.82) is 0 Å². The van der Waals surface area contributed by atoms with Crippen LogP contribution in [-0.2, 0) is 0 Å². The molecule has 0 aromatic heterocycles. The van der Waals surface area contributed by atoms with E-state index in [9.17, 15) is 0 Å². The molecule has 0 heterocycles. The summed E-state index contributed by atoms with van der Waals surface area (Å²) >= 11 is 0. The molecule has 2 rings (SSSR count). The minimum atomic E-state index is 0.342. The lowest BCUT2D eigenvalue weighted by Crippen LogP contribution is -2.12. The Balaban J connectivity index is 2.34. The summed E-state index contributed by atoms with van der Waals surface area (Å²) in [6, 6.07) is 7.19. The van der Waals surface area contributed by atoms with E-state index in [1.54, 1.807) is 0 Å². The molecule has 0 heteroatoms. The Morgan fingerprint density at radius 1 is 1.22 bits per heavy atom. The molecule has 0 amide bonds. The van der Waals surface area contributed by atoms with E-state index in [2.05, 4.69) is 78.1 Å². The van der Waals surface area contributed by atoms with Crippen molar-refractivity contribution in [1.82, 2.24) is 0 Å². The van der Waals surface area contributed by atoms with Gasteiger partial charge in [-0.05, 0) is 80.6 Å². The quantitative estimate of drug-likeness (QED) is 0.350. The van der Waals surface area contributed by atoms with Crippen molar-refractivity contribution in [3.63, 3.8) is 0 Å². The van der Waals surface area contributed by atoms with Gasteiger partial charge in [0.2, 0.25) is 0 Å². The molecule has 1 saturated carbocycles. The molecule has 1 aliphatic rings. The molecule has 0 radical (unpaired) electrons. The third-order valence-electron chi connectivity index (χ3n) is 6.04. The van der Waals surface area contributed by atoms with Gasteiger partial charge in [-0.15, -0.1) is 5.73 Å². The lowest BCUT2D eigenvalue weighted by Gasteiger charge is -2.27. The van der Waals surface area contributed by atoms with Gasteiger partial charge in [0.15, 0.2) is 0 Å². The Kier molecular flexibility index (Phi) is 7.75. The minimum Gasteiger partial charge on any atom is -0.121 e. The molecule has 1 unspecified atom stereocenters. The van der Waals surface area contributed by atoms with Crippen molar-refractivity contribution in [2.24, 2.45) is 11.3 Å². The normalized spacial score (nSPS) is 16.5. The maximum Gasteiger partial charge on any atom is 0.0122 e. The van der Waals surface area contributed by atoms with Crippen LogP contribution in [0.5, 0.6) is 0 Å². The molecule has 0 aliphatic heterocycles. The van der Waals surface area contributed by atoms with E-state index >= 15 is 0 Å². The van der Waals surface area contributed by atoms with E-state index in [0.717, 1.165) is 12.3 Å². The number of aryl methyl sites for hydroxylation is 1. The summed E-state index contributed by atoms with van der Waals surface area (Å²) in [5, 5.41) is 0. The Morgan fingerprint density at radius 2 is 1.89 bits per heavy atom. The third-order valence-corrected chi connectivity index (χ3v) is 6.04. The van der Waals surface area contributed by atoms with Crippen LogP contribution in [-0.4, -0.2) is 0 Å². The molecule has 1 aromatic rings. The summed E-state index contributed by atoms with van der Waals surface area (Å²) < 4.78 is 0. The van der Waals surface area contributed by atoms with Crippen molar-refractivity contribution in [3.8, 4) is 0 Å². The van der Waals surface area contributed by atoms with E-state index in [1.807, 2.05) is 0 Å². The van der Waals surface area contributed by atoms with E-state index in [-0.39, 0.29) is 0 Å². The predicted molar refractivity (Wildman–Crippen MR) is 121 cm³/mol. The number of hydrogen-bond acceptors (Lipinski definition) is 0. The third kappa shape index (κ3) is 6.25. The van der Waals surface area contributed by atoms with E-state index < -0.39 is 0 Å². The summed E-state index contributed by atoms with van der Waals surface area (Å²) in [6.07, 6.45) is 11.3. The molecule has 0 saturated heterocycles. The van der Waals surface area contributed by atoms with E-state index in [1.165, 1.54) is 66.4 Å². The Hall–Kier alpha value is -1.52. The highest BCUT2D eigenvalue weighted by Crippen LogP contribution is 2.38. The van der Waals surface area contributed by atoms with Crippen LogP contribution in [0.4, 0.5) is 0 Å². The maximum atomic E-state index is 4.33. The molecule has 1 aliphatic carbocycles. The zero-order chi connectivity index (χ0) is 20.0. The van der Waals surface area contributed by atoms with Gasteiger partial charge in [0.1, 0.15) is 0 Å². The molecule has 27 heavy (non-hydrogen) atoms. The topological polar surface area (TPSA) is 0 Å². The average Bonchev–Trinajstić information content (AvgIpc) is 2.60. The van der Waals surface area contributed by atoms with Crippen LogP contribution in [0.1, 0.15) is 102 Å². The van der Waals surface area contributed by atoms with Gasteiger partial charge in [0.05, 0.1) is 0 Å². The van der Waals surface area contributed by atoms with Crippen LogP contribution in [0, 0.1) is 18.3 Å². The molecule has 0 N–H and O–H groups in total. The van der Waals surface area contributed by atoms with E-state index in [0.29, 0.717) is 11.3 Å². The second-order valence-electron chi connectivity index (χ2n) is 9.75. The van der Waals surface area contributed by atoms with Crippen molar-refractivity contribution < 1.29 is 0 Å². The summed E-state index contributed by atoms with van der Waals surface area (Å²) in [5.41, 5.74) is 10.8. The molecule has 1 fully saturated rings. The Morgan fingerprint density at radius 3 is 2.41 bits per heavy atom. The van der Waals surface area contributed by atoms with Crippen LogP contribution in [0.2, 0.25) is 0 Å². The summed E-state index contributed by atoms with van der Waals surface area (Å²) in [4.78, 5) is 0. The van der Waals surface area contributed by atoms with Gasteiger partial charge in [-0.3, -0.25) is 0 Å². The highest BCUT2D eigenvalue weighted by atomic mass is 14.3. The van der Waals surface area contributed by atoms with Gasteiger partial charge in [0, 0.05) is 11.5 Å². The number of hydrogen-bond donors (Lipinski definition) is 0. The first-order valence-corrected chi connectivity index (χ1v) is 10.9. The molecule has 0 nitrogen and oxygen atoms in total. The van der Waals surface area contributed by atoms with E-state index in [4.69, 9.17) is 0 Å². The largest absolute Gasteiger partial charge is 0.121 e. The Labute approximate surface area is 168 Å². The monoisotopic (exact) mass is 364 g/mol. The van der Waals surface area contributed by atoms with Gasteiger partial charge in [-0.25, -0.2) is 0 Å². The van der Waals surface area contributed by atoms with Gasteiger partial charge in [0.25, 0.3) is 0 Å². The van der Waals surface area contributed by atoms with Crippen LogP contribution < -0.4 is 0 Å². The fraction of sp³-hybridized carbons (Fsp3) is 0.593. The van der Waals surface area contributed by atoms with Crippen LogP contribution in [0.25, 0.3) is 5.57 Å². The van der Waals surface area contributed by atoms with Crippen molar-refractivity contribution in [2.45, 2.75) is 92.4 Å². The molecule has 1 aromatic carbocycles.